The van der Waals surface area contributed by atoms with E-state index >= 15 is 0 Å². The fraction of sp³-hybridized carbons (Fsp3) is 0.273. The number of benzene rings is 1. The fourth-order valence-corrected chi connectivity index (χ4v) is 1.35. The third kappa shape index (κ3) is 4.55. The maximum atomic E-state index is 5.21. The minimum absolute atomic E-state index is 0. The van der Waals surface area contributed by atoms with Crippen molar-refractivity contribution in [1.29, 1.82) is 0 Å². The van der Waals surface area contributed by atoms with E-state index in [9.17, 15) is 0 Å². The third-order valence-corrected chi connectivity index (χ3v) is 2.09. The second-order valence-corrected chi connectivity index (χ2v) is 3.10. The van der Waals surface area contributed by atoms with Crippen LogP contribution in [0.5, 0.6) is 17.2 Å². The maximum absolute atomic E-state index is 5.21. The van der Waals surface area contributed by atoms with Crippen LogP contribution >= 0.6 is 12.4 Å². The van der Waals surface area contributed by atoms with Crippen LogP contribution in [-0.4, -0.2) is 33.9 Å². The van der Waals surface area contributed by atoms with Crippen molar-refractivity contribution in [2.75, 3.05) is 21.3 Å². The summed E-state index contributed by atoms with van der Waals surface area (Å²) in [6.07, 6.45) is 2.66. The topological polar surface area (TPSA) is 90.5 Å². The van der Waals surface area contributed by atoms with Crippen LogP contribution in [0.2, 0.25) is 0 Å². The van der Waals surface area contributed by atoms with Gasteiger partial charge < -0.3 is 19.9 Å². The molecule has 0 atom stereocenters. The van der Waals surface area contributed by atoms with Gasteiger partial charge in [0.1, 0.15) is 6.34 Å². The molecule has 1 aromatic carbocycles. The van der Waals surface area contributed by atoms with Gasteiger partial charge in [-0.3, -0.25) is 0 Å². The Bertz CT molecular complexity index is 427. The largest absolute Gasteiger partial charge is 0.493 e. The Labute approximate surface area is 117 Å². The number of nitrogens with two attached hydrogens (primary N) is 1. The van der Waals surface area contributed by atoms with Gasteiger partial charge in [0.15, 0.2) is 11.5 Å². The van der Waals surface area contributed by atoms with E-state index in [4.69, 9.17) is 19.9 Å². The third-order valence-electron chi connectivity index (χ3n) is 2.09. The first kappa shape index (κ1) is 16.9. The summed E-state index contributed by atoms with van der Waals surface area (Å²) in [5.74, 6) is 1.64. The zero-order valence-electron chi connectivity index (χ0n) is 10.9. The van der Waals surface area contributed by atoms with Crippen molar-refractivity contribution < 1.29 is 14.2 Å². The van der Waals surface area contributed by atoms with Crippen molar-refractivity contribution in [3.8, 4) is 17.2 Å². The van der Waals surface area contributed by atoms with Crippen molar-refractivity contribution >= 4 is 25.0 Å². The molecule has 0 amide bonds. The lowest BCUT2D eigenvalue weighted by Gasteiger charge is -2.12. The number of hydrogen-bond donors (Lipinski definition) is 2. The van der Waals surface area contributed by atoms with E-state index in [0.29, 0.717) is 17.2 Å². The first-order chi connectivity index (χ1) is 8.76. The quantitative estimate of drug-likeness (QED) is 0.462. The molecule has 0 aliphatic carbocycles. The second kappa shape index (κ2) is 8.87. The van der Waals surface area contributed by atoms with Crippen molar-refractivity contribution in [3.05, 3.63) is 17.7 Å². The number of methoxy groups -OCH3 is 3. The molecule has 1 aromatic rings. The molecule has 106 valence electrons. The van der Waals surface area contributed by atoms with Gasteiger partial charge in [0.2, 0.25) is 5.75 Å². The fourth-order valence-electron chi connectivity index (χ4n) is 1.35. The van der Waals surface area contributed by atoms with Crippen LogP contribution in [0.25, 0.3) is 0 Å². The predicted molar refractivity (Wildman–Crippen MR) is 76.8 cm³/mol. The van der Waals surface area contributed by atoms with Gasteiger partial charge in [-0.2, -0.15) is 10.6 Å². The van der Waals surface area contributed by atoms with Crippen molar-refractivity contribution in [2.24, 2.45) is 15.9 Å². The highest BCUT2D eigenvalue weighted by molar-refractivity contribution is 5.85. The molecule has 0 radical (unpaired) electrons. The number of ether oxygens (including phenoxy) is 3. The van der Waals surface area contributed by atoms with E-state index in [0.717, 1.165) is 11.9 Å². The van der Waals surface area contributed by atoms with Gasteiger partial charge in [-0.1, -0.05) is 0 Å². The highest BCUT2D eigenvalue weighted by atomic mass is 35.5. The molecule has 0 unspecified atom stereocenters. The van der Waals surface area contributed by atoms with E-state index in [1.807, 2.05) is 0 Å². The summed E-state index contributed by atoms with van der Waals surface area (Å²) in [6.45, 7) is 0. The molecular weight excluding hydrogens is 272 g/mol. The molecule has 3 N–H and O–H groups in total. The first-order valence-electron chi connectivity index (χ1n) is 5.08. The number of rotatable bonds is 6. The van der Waals surface area contributed by atoms with Crippen LogP contribution in [0.4, 0.5) is 0 Å². The number of hydrogen-bond acceptors (Lipinski definition) is 6. The van der Waals surface area contributed by atoms with Crippen molar-refractivity contribution in [2.45, 2.75) is 0 Å². The SMILES string of the molecule is COc1cc(/C=N/N/N=C\N)cc(OC)c1OC.Cl. The summed E-state index contributed by atoms with van der Waals surface area (Å²) in [5.41, 5.74) is 8.21. The Balaban J connectivity index is 0.00000324. The van der Waals surface area contributed by atoms with Gasteiger partial charge in [0, 0.05) is 5.56 Å². The van der Waals surface area contributed by atoms with Gasteiger partial charge in [-0.15, -0.1) is 17.5 Å². The summed E-state index contributed by atoms with van der Waals surface area (Å²) < 4.78 is 15.6. The molecule has 0 aliphatic heterocycles. The summed E-state index contributed by atoms with van der Waals surface area (Å²) in [5, 5.41) is 7.36. The number of halogens is 1. The molecule has 0 heterocycles. The van der Waals surface area contributed by atoms with E-state index in [-0.39, 0.29) is 12.4 Å². The highest BCUT2D eigenvalue weighted by Gasteiger charge is 2.12. The second-order valence-electron chi connectivity index (χ2n) is 3.10. The number of nitrogens with zero attached hydrogens (tertiary/aromatic N) is 2. The molecule has 0 aromatic heterocycles. The minimum Gasteiger partial charge on any atom is -0.493 e. The minimum atomic E-state index is 0. The summed E-state index contributed by atoms with van der Waals surface area (Å²) in [4.78, 5) is 0. The molecule has 0 bridgehead atoms. The molecule has 7 nitrogen and oxygen atoms in total. The summed E-state index contributed by atoms with van der Waals surface area (Å²) in [6, 6.07) is 3.53. The zero-order chi connectivity index (χ0) is 13.4. The zero-order valence-corrected chi connectivity index (χ0v) is 11.7. The molecular formula is C11H17ClN4O3. The van der Waals surface area contributed by atoms with Gasteiger partial charge in [0.05, 0.1) is 27.5 Å². The predicted octanol–water partition coefficient (Wildman–Crippen LogP) is 0.960. The standard InChI is InChI=1S/C11H16N4O3.ClH/c1-16-9-4-8(6-13-15-14-7-12)5-10(17-2)11(9)18-3;/h4-7,15H,1-3H3,(H2,12,14);1H/b13-6+;. The number of hydrazone groups is 2. The molecule has 0 saturated heterocycles. The van der Waals surface area contributed by atoms with Crippen molar-refractivity contribution in [3.63, 3.8) is 0 Å². The summed E-state index contributed by atoms with van der Waals surface area (Å²) >= 11 is 0. The van der Waals surface area contributed by atoms with Crippen LogP contribution in [0, 0.1) is 0 Å². The van der Waals surface area contributed by atoms with Crippen LogP contribution in [-0.2, 0) is 0 Å². The Morgan fingerprint density at radius 2 is 1.63 bits per heavy atom. The monoisotopic (exact) mass is 288 g/mol. The van der Waals surface area contributed by atoms with E-state index in [1.54, 1.807) is 39.7 Å². The average Bonchev–Trinajstić information content (AvgIpc) is 2.42. The molecule has 0 fully saturated rings. The Morgan fingerprint density at radius 3 is 2.05 bits per heavy atom. The molecule has 0 saturated carbocycles. The van der Waals surface area contributed by atoms with Crippen LogP contribution in [0.3, 0.4) is 0 Å². The molecule has 0 spiro atoms. The highest BCUT2D eigenvalue weighted by Crippen LogP contribution is 2.37. The van der Waals surface area contributed by atoms with Crippen LogP contribution < -0.4 is 25.5 Å². The normalized spacial score (nSPS) is 10.3. The van der Waals surface area contributed by atoms with E-state index < -0.39 is 0 Å². The van der Waals surface area contributed by atoms with Gasteiger partial charge in [0.25, 0.3) is 0 Å². The average molecular weight is 289 g/mol. The lowest BCUT2D eigenvalue weighted by molar-refractivity contribution is 0.324. The van der Waals surface area contributed by atoms with Crippen LogP contribution in [0.15, 0.2) is 22.3 Å². The summed E-state index contributed by atoms with van der Waals surface area (Å²) in [7, 11) is 4.65. The Hall–Kier alpha value is -2.15. The molecule has 1 rings (SSSR count). The maximum Gasteiger partial charge on any atom is 0.203 e. The molecule has 8 heteroatoms. The molecule has 19 heavy (non-hydrogen) atoms. The first-order valence-corrected chi connectivity index (χ1v) is 5.08. The van der Waals surface area contributed by atoms with Crippen LogP contribution in [0.1, 0.15) is 5.56 Å². The van der Waals surface area contributed by atoms with Gasteiger partial charge >= 0.3 is 0 Å². The number of nitrogens with one attached hydrogen (secondary N) is 1. The van der Waals surface area contributed by atoms with E-state index in [2.05, 4.69) is 15.7 Å². The lowest BCUT2D eigenvalue weighted by atomic mass is 10.2. The van der Waals surface area contributed by atoms with E-state index in [1.165, 1.54) is 0 Å². The molecule has 0 aliphatic rings. The Morgan fingerprint density at radius 1 is 1.05 bits per heavy atom. The Kier molecular flexibility index (Phi) is 7.87. The lowest BCUT2D eigenvalue weighted by Crippen LogP contribution is -2.01. The van der Waals surface area contributed by atoms with Gasteiger partial charge in [-0.25, -0.2) is 0 Å². The van der Waals surface area contributed by atoms with Gasteiger partial charge in [-0.05, 0) is 12.1 Å². The smallest absolute Gasteiger partial charge is 0.203 e. The van der Waals surface area contributed by atoms with Crippen molar-refractivity contribution in [1.82, 2.24) is 5.53 Å².